The summed E-state index contributed by atoms with van der Waals surface area (Å²) in [5.41, 5.74) is 1.95. The summed E-state index contributed by atoms with van der Waals surface area (Å²) in [4.78, 5) is 0. The van der Waals surface area contributed by atoms with Gasteiger partial charge in [-0.05, 0) is 36.1 Å². The molecule has 0 bridgehead atoms. The molecule has 1 saturated heterocycles. The van der Waals surface area contributed by atoms with Crippen molar-refractivity contribution in [2.75, 3.05) is 27.9 Å². The predicted octanol–water partition coefficient (Wildman–Crippen LogP) is 5.84. The highest BCUT2D eigenvalue weighted by atomic mass is 16.6. The fourth-order valence-electron chi connectivity index (χ4n) is 5.95. The molecule has 1 aliphatic rings. The second-order valence-corrected chi connectivity index (χ2v) is 12.2. The first-order chi connectivity index (χ1) is 21.1. The molecule has 3 rings (SSSR count). The summed E-state index contributed by atoms with van der Waals surface area (Å²) in [6.07, 6.45) is 6.11. The Hall–Kier alpha value is -2.30. The van der Waals surface area contributed by atoms with E-state index in [9.17, 15) is 15.3 Å². The topological polar surface area (TPSA) is 107 Å². The lowest BCUT2D eigenvalue weighted by Crippen LogP contribution is -2.56. The first-order valence-electron chi connectivity index (χ1n) is 15.9. The maximum absolute atomic E-state index is 11.5. The molecular formula is C36H54O8. The van der Waals surface area contributed by atoms with Gasteiger partial charge in [-0.25, -0.2) is 0 Å². The molecular weight excluding hydrogens is 560 g/mol. The molecule has 1 aliphatic heterocycles. The molecule has 8 nitrogen and oxygen atoms in total. The van der Waals surface area contributed by atoms with Crippen molar-refractivity contribution < 1.29 is 39.0 Å². The molecule has 44 heavy (non-hydrogen) atoms. The molecule has 2 aromatic carbocycles. The van der Waals surface area contributed by atoms with Gasteiger partial charge in [0.2, 0.25) is 0 Å². The molecule has 246 valence electrons. The Morgan fingerprint density at radius 1 is 0.955 bits per heavy atom. The van der Waals surface area contributed by atoms with Crippen molar-refractivity contribution in [3.63, 3.8) is 0 Å². The summed E-state index contributed by atoms with van der Waals surface area (Å²) in [7, 11) is 5.01. The number of hydrogen-bond donors (Lipinski definition) is 3. The van der Waals surface area contributed by atoms with Gasteiger partial charge in [0.15, 0.2) is 5.79 Å². The van der Waals surface area contributed by atoms with Crippen molar-refractivity contribution in [3.8, 4) is 5.75 Å². The summed E-state index contributed by atoms with van der Waals surface area (Å²) in [6, 6.07) is 17.5. The first-order valence-corrected chi connectivity index (χ1v) is 15.9. The Kier molecular flexibility index (Phi) is 14.8. The maximum Gasteiger partial charge on any atom is 0.173 e. The van der Waals surface area contributed by atoms with Gasteiger partial charge in [0.25, 0.3) is 0 Å². The Morgan fingerprint density at radius 3 is 2.25 bits per heavy atom. The van der Waals surface area contributed by atoms with Crippen LogP contribution in [0.5, 0.6) is 5.75 Å². The molecule has 0 unspecified atom stereocenters. The zero-order valence-electron chi connectivity index (χ0n) is 27.3. The van der Waals surface area contributed by atoms with Crippen LogP contribution in [-0.2, 0) is 25.6 Å². The lowest BCUT2D eigenvalue weighted by Gasteiger charge is -2.48. The minimum absolute atomic E-state index is 0.0191. The minimum atomic E-state index is -1.52. The lowest BCUT2D eigenvalue weighted by molar-refractivity contribution is -0.322. The zero-order chi connectivity index (χ0) is 32.1. The van der Waals surface area contributed by atoms with Crippen LogP contribution >= 0.6 is 0 Å². The number of hydrogen-bond acceptors (Lipinski definition) is 8. The minimum Gasteiger partial charge on any atom is -0.497 e. The average molecular weight is 615 g/mol. The van der Waals surface area contributed by atoms with E-state index >= 15 is 0 Å². The standard InChI is InChI=1S/C36H54O8/c1-25(16-21-33(42-6)32(41-5)15-11-10-14-31(38)29-12-8-7-9-13-29)35-27(3)34(22-36(39,44-35)26(2)23-37)43-24-28-17-19-30(40-4)20-18-28/h7-9,12-13,16-21,25-27,31-35,37-39H,10-11,14-15,22-24H2,1-6H3/b21-16+/t25-,26+,27-,31-,32-,33+,34+,35-,36-/m0/s1. The fraction of sp³-hybridized carbons (Fsp3) is 0.611. The largest absolute Gasteiger partial charge is 0.497 e. The van der Waals surface area contributed by atoms with Crippen LogP contribution in [0, 0.1) is 17.8 Å². The summed E-state index contributed by atoms with van der Waals surface area (Å²) in [6.45, 7) is 6.14. The molecule has 0 spiro atoms. The van der Waals surface area contributed by atoms with Crippen LogP contribution in [0.3, 0.4) is 0 Å². The van der Waals surface area contributed by atoms with E-state index in [2.05, 4.69) is 19.9 Å². The number of unbranched alkanes of at least 4 members (excludes halogenated alkanes) is 1. The number of methoxy groups -OCH3 is 3. The Morgan fingerprint density at radius 2 is 1.64 bits per heavy atom. The van der Waals surface area contributed by atoms with Gasteiger partial charge >= 0.3 is 0 Å². The molecule has 0 amide bonds. The Balaban J connectivity index is 1.62. The van der Waals surface area contributed by atoms with Crippen molar-refractivity contribution in [2.45, 2.75) is 95.8 Å². The number of aliphatic hydroxyl groups excluding tert-OH is 2. The summed E-state index contributed by atoms with van der Waals surface area (Å²) in [5.74, 6) is -1.31. The molecule has 1 heterocycles. The molecule has 0 aliphatic carbocycles. The highest BCUT2D eigenvalue weighted by Gasteiger charge is 2.49. The van der Waals surface area contributed by atoms with Crippen molar-refractivity contribution in [3.05, 3.63) is 77.9 Å². The van der Waals surface area contributed by atoms with Crippen molar-refractivity contribution in [1.82, 2.24) is 0 Å². The predicted molar refractivity (Wildman–Crippen MR) is 171 cm³/mol. The molecule has 8 heteroatoms. The van der Waals surface area contributed by atoms with Gasteiger partial charge < -0.3 is 39.0 Å². The average Bonchev–Trinajstić information content (AvgIpc) is 3.05. The molecule has 2 aromatic rings. The Labute approximate surface area is 264 Å². The quantitative estimate of drug-likeness (QED) is 0.142. The molecule has 0 aromatic heterocycles. The third-order valence-electron chi connectivity index (χ3n) is 9.07. The third kappa shape index (κ3) is 10.1. The van der Waals surface area contributed by atoms with Gasteiger partial charge in [0.1, 0.15) is 11.9 Å². The van der Waals surface area contributed by atoms with Crippen molar-refractivity contribution >= 4 is 0 Å². The molecule has 1 fully saturated rings. The number of benzene rings is 2. The fourth-order valence-corrected chi connectivity index (χ4v) is 5.95. The highest BCUT2D eigenvalue weighted by Crippen LogP contribution is 2.40. The number of rotatable bonds is 18. The summed E-state index contributed by atoms with van der Waals surface area (Å²) in [5, 5.41) is 31.9. The van der Waals surface area contributed by atoms with Crippen LogP contribution in [0.4, 0.5) is 0 Å². The van der Waals surface area contributed by atoms with E-state index in [1.165, 1.54) is 0 Å². The van der Waals surface area contributed by atoms with Crippen molar-refractivity contribution in [1.29, 1.82) is 0 Å². The number of aliphatic hydroxyl groups is 3. The molecule has 0 radical (unpaired) electrons. The van der Waals surface area contributed by atoms with Gasteiger partial charge in [0, 0.05) is 38.4 Å². The molecule has 0 saturated carbocycles. The lowest BCUT2D eigenvalue weighted by atomic mass is 9.80. The molecule has 3 N–H and O–H groups in total. The SMILES string of the molecule is COc1ccc(CO[C@@H]2C[C@@](O)([C@H](C)CO)O[C@@H]([C@@H](C)/C=C/[C@@H](OC)[C@H](CCCC[C@H](O)c3ccccc3)OC)[C@H]2C)cc1. The van der Waals surface area contributed by atoms with E-state index in [-0.39, 0.29) is 49.3 Å². The van der Waals surface area contributed by atoms with Crippen LogP contribution in [0.1, 0.15) is 70.1 Å². The van der Waals surface area contributed by atoms with E-state index in [1.54, 1.807) is 28.3 Å². The molecule has 9 atom stereocenters. The number of ether oxygens (including phenoxy) is 5. The smallest absolute Gasteiger partial charge is 0.173 e. The highest BCUT2D eigenvalue weighted by molar-refractivity contribution is 5.26. The first kappa shape index (κ1) is 36.2. The van der Waals surface area contributed by atoms with Crippen LogP contribution < -0.4 is 4.74 Å². The van der Waals surface area contributed by atoms with Gasteiger partial charge in [-0.1, -0.05) is 88.2 Å². The second kappa shape index (κ2) is 18.0. The van der Waals surface area contributed by atoms with Crippen LogP contribution in [0.15, 0.2) is 66.7 Å². The van der Waals surface area contributed by atoms with E-state index < -0.39 is 17.8 Å². The van der Waals surface area contributed by atoms with E-state index in [4.69, 9.17) is 23.7 Å². The van der Waals surface area contributed by atoms with Gasteiger partial charge in [-0.2, -0.15) is 0 Å². The van der Waals surface area contributed by atoms with E-state index in [0.29, 0.717) is 13.0 Å². The monoisotopic (exact) mass is 614 g/mol. The zero-order valence-corrected chi connectivity index (χ0v) is 27.3. The summed E-state index contributed by atoms with van der Waals surface area (Å²) < 4.78 is 29.6. The van der Waals surface area contributed by atoms with Crippen LogP contribution in [-0.4, -0.2) is 73.5 Å². The van der Waals surface area contributed by atoms with Gasteiger partial charge in [-0.3, -0.25) is 0 Å². The van der Waals surface area contributed by atoms with Gasteiger partial charge in [0.05, 0.1) is 44.7 Å². The maximum atomic E-state index is 11.5. The van der Waals surface area contributed by atoms with E-state index in [0.717, 1.165) is 36.1 Å². The second-order valence-electron chi connectivity index (χ2n) is 12.2. The summed E-state index contributed by atoms with van der Waals surface area (Å²) >= 11 is 0. The van der Waals surface area contributed by atoms with Crippen molar-refractivity contribution in [2.24, 2.45) is 17.8 Å². The third-order valence-corrected chi connectivity index (χ3v) is 9.07. The normalized spacial score (nSPS) is 25.8. The van der Waals surface area contributed by atoms with Crippen LogP contribution in [0.25, 0.3) is 0 Å². The van der Waals surface area contributed by atoms with E-state index in [1.807, 2.05) is 60.7 Å². The van der Waals surface area contributed by atoms with Crippen LogP contribution in [0.2, 0.25) is 0 Å². The Bertz CT molecular complexity index is 1090. The van der Waals surface area contributed by atoms with Gasteiger partial charge in [-0.15, -0.1) is 0 Å².